The maximum Gasteiger partial charge on any atom is 0.318 e. The molecule has 7 heteroatoms. The van der Waals surface area contributed by atoms with E-state index in [1.54, 1.807) is 18.9 Å². The SMILES string of the molecule is CCOC(=O)[C@]12CCC=C1N(Cc1cccc3ccccc13)C(=O)[C@H](CC(=O)NCCCOC)C2. The van der Waals surface area contributed by atoms with Crippen molar-refractivity contribution in [2.45, 2.75) is 45.6 Å². The van der Waals surface area contributed by atoms with Crippen molar-refractivity contribution >= 4 is 28.6 Å². The summed E-state index contributed by atoms with van der Waals surface area (Å²) in [7, 11) is 1.62. The third-order valence-electron chi connectivity index (χ3n) is 7.05. The predicted molar refractivity (Wildman–Crippen MR) is 133 cm³/mol. The monoisotopic (exact) mass is 478 g/mol. The van der Waals surface area contributed by atoms with Crippen molar-refractivity contribution in [3.63, 3.8) is 0 Å². The number of ether oxygens (including phenoxy) is 2. The van der Waals surface area contributed by atoms with E-state index >= 15 is 0 Å². The number of nitrogens with one attached hydrogen (secondary N) is 1. The largest absolute Gasteiger partial charge is 0.465 e. The fraction of sp³-hybridized carbons (Fsp3) is 0.464. The number of rotatable bonds is 10. The fourth-order valence-electron chi connectivity index (χ4n) is 5.42. The van der Waals surface area contributed by atoms with E-state index in [1.165, 1.54) is 0 Å². The molecule has 1 saturated heterocycles. The standard InChI is InChI=1S/C28H34N2O5/c1-3-35-27(33)28-14-7-13-24(28)30(19-21-11-6-10-20-9-4-5-12-23(20)21)26(32)22(18-28)17-25(31)29-15-8-16-34-2/h4-6,9-13,22H,3,7-8,14-19H2,1-2H3,(H,29,31)/t22-,28+/m1/s1. The molecule has 7 nitrogen and oxygen atoms in total. The smallest absolute Gasteiger partial charge is 0.318 e. The van der Waals surface area contributed by atoms with Crippen LogP contribution in [0.3, 0.4) is 0 Å². The van der Waals surface area contributed by atoms with Crippen LogP contribution in [0.4, 0.5) is 0 Å². The average molecular weight is 479 g/mol. The number of likely N-dealkylation sites (tertiary alicyclic amines) is 1. The van der Waals surface area contributed by atoms with Crippen molar-refractivity contribution in [2.75, 3.05) is 26.9 Å². The van der Waals surface area contributed by atoms with Crippen LogP contribution >= 0.6 is 0 Å². The summed E-state index contributed by atoms with van der Waals surface area (Å²) in [5, 5.41) is 5.05. The van der Waals surface area contributed by atoms with Gasteiger partial charge in [0.15, 0.2) is 0 Å². The first-order valence-corrected chi connectivity index (χ1v) is 12.4. The molecule has 0 radical (unpaired) electrons. The minimum absolute atomic E-state index is 0.0479. The van der Waals surface area contributed by atoms with Crippen molar-refractivity contribution in [3.8, 4) is 0 Å². The van der Waals surface area contributed by atoms with Crippen LogP contribution in [0.2, 0.25) is 0 Å². The topological polar surface area (TPSA) is 84.9 Å². The summed E-state index contributed by atoms with van der Waals surface area (Å²) >= 11 is 0. The van der Waals surface area contributed by atoms with Gasteiger partial charge in [0.25, 0.3) is 0 Å². The Morgan fingerprint density at radius 2 is 1.97 bits per heavy atom. The third-order valence-corrected chi connectivity index (χ3v) is 7.05. The van der Waals surface area contributed by atoms with Crippen molar-refractivity contribution in [2.24, 2.45) is 11.3 Å². The van der Waals surface area contributed by atoms with Gasteiger partial charge in [-0.2, -0.15) is 0 Å². The van der Waals surface area contributed by atoms with Gasteiger partial charge in [0.05, 0.1) is 13.2 Å². The van der Waals surface area contributed by atoms with E-state index in [9.17, 15) is 14.4 Å². The Morgan fingerprint density at radius 3 is 2.77 bits per heavy atom. The fourth-order valence-corrected chi connectivity index (χ4v) is 5.42. The number of nitrogens with zero attached hydrogens (tertiary/aromatic N) is 1. The van der Waals surface area contributed by atoms with Crippen LogP contribution in [0.25, 0.3) is 10.8 Å². The van der Waals surface area contributed by atoms with Gasteiger partial charge in [-0.3, -0.25) is 14.4 Å². The van der Waals surface area contributed by atoms with Crippen LogP contribution in [0.15, 0.2) is 54.2 Å². The first-order chi connectivity index (χ1) is 17.0. The molecule has 186 valence electrons. The maximum absolute atomic E-state index is 13.8. The maximum atomic E-state index is 13.8. The van der Waals surface area contributed by atoms with E-state index in [0.717, 1.165) is 22.0 Å². The van der Waals surface area contributed by atoms with Gasteiger partial charge in [0.1, 0.15) is 5.41 Å². The first-order valence-electron chi connectivity index (χ1n) is 12.4. The van der Waals surface area contributed by atoms with Gasteiger partial charge >= 0.3 is 5.97 Å². The van der Waals surface area contributed by atoms with E-state index in [0.29, 0.717) is 45.4 Å². The van der Waals surface area contributed by atoms with Crippen LogP contribution < -0.4 is 5.32 Å². The second kappa shape index (κ2) is 11.0. The second-order valence-corrected chi connectivity index (χ2v) is 9.29. The Kier molecular flexibility index (Phi) is 7.86. The number of carbonyl (C=O) groups is 3. The van der Waals surface area contributed by atoms with Crippen LogP contribution in [0, 0.1) is 11.3 Å². The summed E-state index contributed by atoms with van der Waals surface area (Å²) in [6.07, 6.45) is 4.34. The van der Waals surface area contributed by atoms with E-state index in [2.05, 4.69) is 5.32 Å². The van der Waals surface area contributed by atoms with E-state index < -0.39 is 11.3 Å². The molecule has 0 unspecified atom stereocenters. The van der Waals surface area contributed by atoms with E-state index in [4.69, 9.17) is 9.47 Å². The molecule has 0 spiro atoms. The highest BCUT2D eigenvalue weighted by Gasteiger charge is 2.55. The molecule has 0 bridgehead atoms. The number of benzene rings is 2. The van der Waals surface area contributed by atoms with Gasteiger partial charge in [-0.05, 0) is 48.9 Å². The number of fused-ring (bicyclic) bond motifs is 2. The Hall–Kier alpha value is -3.19. The molecule has 1 aliphatic heterocycles. The summed E-state index contributed by atoms with van der Waals surface area (Å²) < 4.78 is 10.5. The third kappa shape index (κ3) is 5.10. The Bertz CT molecular complexity index is 1120. The number of hydrogen-bond donors (Lipinski definition) is 1. The normalized spacial score (nSPS) is 21.5. The molecule has 1 N–H and O–H groups in total. The molecule has 2 aromatic carbocycles. The van der Waals surface area contributed by atoms with Gasteiger partial charge in [-0.1, -0.05) is 48.5 Å². The predicted octanol–water partition coefficient (Wildman–Crippen LogP) is 3.96. The highest BCUT2D eigenvalue weighted by atomic mass is 16.5. The van der Waals surface area contributed by atoms with E-state index in [-0.39, 0.29) is 30.8 Å². The summed E-state index contributed by atoms with van der Waals surface area (Å²) in [6, 6.07) is 14.1. The summed E-state index contributed by atoms with van der Waals surface area (Å²) in [4.78, 5) is 41.5. The van der Waals surface area contributed by atoms with Crippen LogP contribution in [-0.2, 0) is 30.4 Å². The quantitative estimate of drug-likeness (QED) is 0.413. The first kappa shape index (κ1) is 24.9. The lowest BCUT2D eigenvalue weighted by Crippen LogP contribution is -2.52. The zero-order valence-corrected chi connectivity index (χ0v) is 20.5. The molecule has 0 aromatic heterocycles. The summed E-state index contributed by atoms with van der Waals surface area (Å²) in [6.45, 7) is 3.46. The zero-order chi connectivity index (χ0) is 24.8. The lowest BCUT2D eigenvalue weighted by Gasteiger charge is -2.44. The lowest BCUT2D eigenvalue weighted by atomic mass is 9.71. The van der Waals surface area contributed by atoms with Crippen molar-refractivity contribution in [1.29, 1.82) is 0 Å². The Labute approximate surface area is 206 Å². The molecule has 2 aromatic rings. The number of hydrogen-bond acceptors (Lipinski definition) is 5. The summed E-state index contributed by atoms with van der Waals surface area (Å²) in [5.41, 5.74) is 0.840. The van der Waals surface area contributed by atoms with Gasteiger partial charge < -0.3 is 19.7 Å². The molecule has 2 atom stereocenters. The van der Waals surface area contributed by atoms with Crippen molar-refractivity contribution < 1.29 is 23.9 Å². The average Bonchev–Trinajstić information content (AvgIpc) is 3.29. The van der Waals surface area contributed by atoms with Gasteiger partial charge in [0.2, 0.25) is 11.8 Å². The summed E-state index contributed by atoms with van der Waals surface area (Å²) in [5.74, 6) is -1.19. The van der Waals surface area contributed by atoms with Crippen LogP contribution in [-0.4, -0.2) is 49.6 Å². The Balaban J connectivity index is 1.64. The highest BCUT2D eigenvalue weighted by Crippen LogP contribution is 2.51. The molecular weight excluding hydrogens is 444 g/mol. The Morgan fingerprint density at radius 1 is 1.17 bits per heavy atom. The molecule has 2 aliphatic rings. The number of allylic oxidation sites excluding steroid dienone is 1. The van der Waals surface area contributed by atoms with Gasteiger partial charge in [-0.25, -0.2) is 0 Å². The number of piperidine rings is 1. The van der Waals surface area contributed by atoms with Crippen molar-refractivity contribution in [3.05, 3.63) is 59.8 Å². The molecular formula is C28H34N2O5. The number of esters is 1. The minimum atomic E-state index is -0.893. The molecule has 1 fully saturated rings. The molecule has 4 rings (SSSR count). The molecule has 1 aliphatic carbocycles. The minimum Gasteiger partial charge on any atom is -0.465 e. The molecule has 0 saturated carbocycles. The molecule has 2 amide bonds. The van der Waals surface area contributed by atoms with Crippen molar-refractivity contribution in [1.82, 2.24) is 10.2 Å². The number of carbonyl (C=O) groups excluding carboxylic acids is 3. The van der Waals surface area contributed by atoms with E-state index in [1.807, 2.05) is 48.5 Å². The number of methoxy groups -OCH3 is 1. The lowest BCUT2D eigenvalue weighted by molar-refractivity contribution is -0.161. The zero-order valence-electron chi connectivity index (χ0n) is 20.5. The highest BCUT2D eigenvalue weighted by molar-refractivity contribution is 5.93. The van der Waals surface area contributed by atoms with Crippen LogP contribution in [0.5, 0.6) is 0 Å². The van der Waals surface area contributed by atoms with Gasteiger partial charge in [-0.15, -0.1) is 0 Å². The molecule has 35 heavy (non-hydrogen) atoms. The number of amides is 2. The second-order valence-electron chi connectivity index (χ2n) is 9.29. The molecule has 1 heterocycles. The van der Waals surface area contributed by atoms with Crippen LogP contribution in [0.1, 0.15) is 44.6 Å². The van der Waals surface area contributed by atoms with Gasteiger partial charge in [0, 0.05) is 38.3 Å².